The second-order valence-electron chi connectivity index (χ2n) is 5.65. The standard InChI is InChI=1S/C16H25N3O4S/c1-5-10-17-16(21)13(3)18-15(20)11-19(4)24(22,23)14-8-6-12(2)7-9-14/h6-9,13H,5,10-11H2,1-4H3,(H,17,21)(H,18,20). The first kappa shape index (κ1) is 20.1. The summed E-state index contributed by atoms with van der Waals surface area (Å²) in [4.78, 5) is 23.8. The molecule has 7 nitrogen and oxygen atoms in total. The lowest BCUT2D eigenvalue weighted by Crippen LogP contribution is -2.48. The molecule has 0 aromatic heterocycles. The molecular weight excluding hydrogens is 330 g/mol. The molecule has 134 valence electrons. The Morgan fingerprint density at radius 2 is 1.79 bits per heavy atom. The van der Waals surface area contributed by atoms with Crippen molar-refractivity contribution in [3.63, 3.8) is 0 Å². The number of likely N-dealkylation sites (N-methyl/N-ethyl adjacent to an activating group) is 1. The molecule has 0 aliphatic heterocycles. The highest BCUT2D eigenvalue weighted by atomic mass is 32.2. The molecule has 0 aliphatic rings. The topological polar surface area (TPSA) is 95.6 Å². The maximum absolute atomic E-state index is 12.4. The van der Waals surface area contributed by atoms with E-state index in [0.717, 1.165) is 16.3 Å². The van der Waals surface area contributed by atoms with E-state index in [-0.39, 0.29) is 17.3 Å². The predicted molar refractivity (Wildman–Crippen MR) is 91.9 cm³/mol. The number of rotatable bonds is 8. The number of hydrogen-bond acceptors (Lipinski definition) is 4. The summed E-state index contributed by atoms with van der Waals surface area (Å²) >= 11 is 0. The first-order chi connectivity index (χ1) is 11.2. The monoisotopic (exact) mass is 355 g/mol. The summed E-state index contributed by atoms with van der Waals surface area (Å²) in [6.07, 6.45) is 0.796. The normalized spacial score (nSPS) is 12.7. The lowest BCUT2D eigenvalue weighted by Gasteiger charge is -2.19. The van der Waals surface area contributed by atoms with Crippen molar-refractivity contribution in [3.05, 3.63) is 29.8 Å². The van der Waals surface area contributed by atoms with Crippen LogP contribution in [0.5, 0.6) is 0 Å². The summed E-state index contributed by atoms with van der Waals surface area (Å²) in [7, 11) is -2.42. The number of hydrogen-bond donors (Lipinski definition) is 2. The van der Waals surface area contributed by atoms with Crippen LogP contribution in [0.4, 0.5) is 0 Å². The SMILES string of the molecule is CCCNC(=O)C(C)NC(=O)CN(C)S(=O)(=O)c1ccc(C)cc1. The zero-order valence-corrected chi connectivity index (χ0v) is 15.3. The second-order valence-corrected chi connectivity index (χ2v) is 7.70. The molecule has 0 radical (unpaired) electrons. The van der Waals surface area contributed by atoms with Gasteiger partial charge in [-0.05, 0) is 32.4 Å². The van der Waals surface area contributed by atoms with E-state index in [9.17, 15) is 18.0 Å². The Morgan fingerprint density at radius 3 is 2.33 bits per heavy atom. The number of amides is 2. The third-order valence-electron chi connectivity index (χ3n) is 3.42. The molecule has 2 N–H and O–H groups in total. The Morgan fingerprint density at radius 1 is 1.21 bits per heavy atom. The minimum Gasteiger partial charge on any atom is -0.354 e. The maximum atomic E-state index is 12.4. The van der Waals surface area contributed by atoms with Crippen molar-refractivity contribution in [2.75, 3.05) is 20.1 Å². The van der Waals surface area contributed by atoms with Crippen LogP contribution in [0, 0.1) is 6.92 Å². The lowest BCUT2D eigenvalue weighted by atomic mass is 10.2. The molecule has 1 atom stereocenters. The van der Waals surface area contributed by atoms with Gasteiger partial charge in [-0.3, -0.25) is 9.59 Å². The number of carbonyl (C=O) groups excluding carboxylic acids is 2. The van der Waals surface area contributed by atoms with Crippen molar-refractivity contribution >= 4 is 21.8 Å². The lowest BCUT2D eigenvalue weighted by molar-refractivity contribution is -0.128. The van der Waals surface area contributed by atoms with Gasteiger partial charge in [0, 0.05) is 13.6 Å². The van der Waals surface area contributed by atoms with Crippen molar-refractivity contribution in [1.29, 1.82) is 0 Å². The second kappa shape index (κ2) is 8.79. The van der Waals surface area contributed by atoms with Gasteiger partial charge in [-0.2, -0.15) is 4.31 Å². The summed E-state index contributed by atoms with van der Waals surface area (Å²) in [5.41, 5.74) is 0.946. The van der Waals surface area contributed by atoms with Gasteiger partial charge in [0.05, 0.1) is 11.4 Å². The van der Waals surface area contributed by atoms with Gasteiger partial charge >= 0.3 is 0 Å². The van der Waals surface area contributed by atoms with E-state index in [4.69, 9.17) is 0 Å². The zero-order chi connectivity index (χ0) is 18.3. The van der Waals surface area contributed by atoms with E-state index in [0.29, 0.717) is 6.54 Å². The largest absolute Gasteiger partial charge is 0.354 e. The smallest absolute Gasteiger partial charge is 0.243 e. The van der Waals surface area contributed by atoms with Crippen molar-refractivity contribution in [2.45, 2.75) is 38.1 Å². The molecule has 1 unspecified atom stereocenters. The predicted octanol–water partition coefficient (Wildman–Crippen LogP) is 0.646. The number of carbonyl (C=O) groups is 2. The number of nitrogens with one attached hydrogen (secondary N) is 2. The minimum absolute atomic E-state index is 0.122. The highest BCUT2D eigenvalue weighted by Gasteiger charge is 2.24. The van der Waals surface area contributed by atoms with Crippen LogP contribution in [0.3, 0.4) is 0 Å². The zero-order valence-electron chi connectivity index (χ0n) is 14.5. The van der Waals surface area contributed by atoms with Crippen molar-refractivity contribution in [2.24, 2.45) is 0 Å². The highest BCUT2D eigenvalue weighted by Crippen LogP contribution is 2.14. The summed E-state index contributed by atoms with van der Waals surface area (Å²) < 4.78 is 25.8. The van der Waals surface area contributed by atoms with E-state index in [1.165, 1.54) is 19.2 Å². The van der Waals surface area contributed by atoms with E-state index in [1.54, 1.807) is 19.1 Å². The van der Waals surface area contributed by atoms with Crippen LogP contribution in [0.25, 0.3) is 0 Å². The highest BCUT2D eigenvalue weighted by molar-refractivity contribution is 7.89. The van der Waals surface area contributed by atoms with E-state index in [1.807, 2.05) is 13.8 Å². The van der Waals surface area contributed by atoms with Crippen LogP contribution < -0.4 is 10.6 Å². The number of benzene rings is 1. The maximum Gasteiger partial charge on any atom is 0.243 e. The molecule has 0 saturated heterocycles. The average molecular weight is 355 g/mol. The minimum atomic E-state index is -3.75. The third-order valence-corrected chi connectivity index (χ3v) is 5.23. The molecule has 0 heterocycles. The molecule has 0 fully saturated rings. The van der Waals surface area contributed by atoms with Gasteiger partial charge < -0.3 is 10.6 Å². The summed E-state index contributed by atoms with van der Waals surface area (Å²) in [5, 5.41) is 5.16. The van der Waals surface area contributed by atoms with E-state index in [2.05, 4.69) is 10.6 Å². The molecule has 0 saturated carbocycles. The van der Waals surface area contributed by atoms with E-state index >= 15 is 0 Å². The van der Waals surface area contributed by atoms with Crippen LogP contribution in [-0.4, -0.2) is 50.7 Å². The fourth-order valence-corrected chi connectivity index (χ4v) is 3.06. The molecule has 0 bridgehead atoms. The first-order valence-corrected chi connectivity index (χ1v) is 9.22. The fourth-order valence-electron chi connectivity index (χ4n) is 1.93. The molecular formula is C16H25N3O4S. The van der Waals surface area contributed by atoms with Crippen LogP contribution in [0.2, 0.25) is 0 Å². The van der Waals surface area contributed by atoms with Gasteiger partial charge in [-0.15, -0.1) is 0 Å². The fraction of sp³-hybridized carbons (Fsp3) is 0.500. The van der Waals surface area contributed by atoms with Crippen LogP contribution in [-0.2, 0) is 19.6 Å². The van der Waals surface area contributed by atoms with Gasteiger partial charge in [-0.25, -0.2) is 8.42 Å². The van der Waals surface area contributed by atoms with Crippen LogP contribution in [0.15, 0.2) is 29.2 Å². The Kier molecular flexibility index (Phi) is 7.37. The van der Waals surface area contributed by atoms with Gasteiger partial charge in [0.25, 0.3) is 0 Å². The van der Waals surface area contributed by atoms with E-state index < -0.39 is 22.0 Å². The molecule has 1 rings (SSSR count). The molecule has 2 amide bonds. The molecule has 1 aromatic carbocycles. The number of aryl methyl sites for hydroxylation is 1. The molecule has 24 heavy (non-hydrogen) atoms. The first-order valence-electron chi connectivity index (χ1n) is 7.78. The van der Waals surface area contributed by atoms with Gasteiger partial charge in [0.1, 0.15) is 6.04 Å². The molecule has 0 aliphatic carbocycles. The number of nitrogens with zero attached hydrogens (tertiary/aromatic N) is 1. The van der Waals surface area contributed by atoms with Gasteiger partial charge in [0.2, 0.25) is 21.8 Å². The van der Waals surface area contributed by atoms with Gasteiger partial charge in [-0.1, -0.05) is 24.6 Å². The van der Waals surface area contributed by atoms with Gasteiger partial charge in [0.15, 0.2) is 0 Å². The molecule has 0 spiro atoms. The summed E-state index contributed by atoms with van der Waals surface area (Å²) in [6, 6.07) is 5.67. The third kappa shape index (κ3) is 5.61. The van der Waals surface area contributed by atoms with Crippen molar-refractivity contribution in [1.82, 2.24) is 14.9 Å². The Balaban J connectivity index is 2.66. The Bertz CT molecular complexity index is 671. The van der Waals surface area contributed by atoms with Crippen LogP contribution >= 0.6 is 0 Å². The number of sulfonamides is 1. The van der Waals surface area contributed by atoms with Crippen molar-refractivity contribution in [3.8, 4) is 0 Å². The van der Waals surface area contributed by atoms with Crippen molar-refractivity contribution < 1.29 is 18.0 Å². The quantitative estimate of drug-likeness (QED) is 0.715. The summed E-state index contributed by atoms with van der Waals surface area (Å²) in [5.74, 6) is -0.832. The average Bonchev–Trinajstić information content (AvgIpc) is 2.52. The Hall–Kier alpha value is -1.93. The van der Waals surface area contributed by atoms with Crippen LogP contribution in [0.1, 0.15) is 25.8 Å². The summed E-state index contributed by atoms with van der Waals surface area (Å²) in [6.45, 7) is 5.51. The molecule has 1 aromatic rings. The molecule has 8 heteroatoms. The Labute approximate surface area is 143 Å².